The van der Waals surface area contributed by atoms with Crippen molar-refractivity contribution >= 4 is 22.2 Å². The highest BCUT2D eigenvalue weighted by molar-refractivity contribution is 7.15. The molecule has 1 atom stereocenters. The van der Waals surface area contributed by atoms with E-state index < -0.39 is 0 Å². The SMILES string of the molecule is O=C(Cc1cn2ccsc2n1)N1CCC[C@@H]1c1noc(C2CC2)n1. The molecule has 1 aliphatic carbocycles. The molecule has 1 amide bonds. The number of hydrogen-bond acceptors (Lipinski definition) is 6. The summed E-state index contributed by atoms with van der Waals surface area (Å²) in [5.74, 6) is 1.92. The van der Waals surface area contributed by atoms with Gasteiger partial charge in [-0.2, -0.15) is 4.98 Å². The molecule has 0 aromatic carbocycles. The van der Waals surface area contributed by atoms with Crippen LogP contribution in [0.25, 0.3) is 4.96 Å². The van der Waals surface area contributed by atoms with Crippen molar-refractivity contribution in [1.29, 1.82) is 0 Å². The molecule has 24 heavy (non-hydrogen) atoms. The van der Waals surface area contributed by atoms with Crippen LogP contribution in [0.1, 0.15) is 55.1 Å². The van der Waals surface area contributed by atoms with Gasteiger partial charge in [0, 0.05) is 30.2 Å². The Hall–Kier alpha value is -2.22. The topological polar surface area (TPSA) is 76.5 Å². The van der Waals surface area contributed by atoms with E-state index in [0.717, 1.165) is 48.8 Å². The molecule has 2 aliphatic rings. The van der Waals surface area contributed by atoms with Gasteiger partial charge in [0.15, 0.2) is 10.8 Å². The fraction of sp³-hybridized carbons (Fsp3) is 0.500. The third-order valence-electron chi connectivity index (χ3n) is 4.73. The molecule has 0 unspecified atom stereocenters. The Kier molecular flexibility index (Phi) is 3.19. The summed E-state index contributed by atoms with van der Waals surface area (Å²) in [6.07, 6.45) is 8.33. The molecule has 3 aromatic heterocycles. The molecular weight excluding hydrogens is 326 g/mol. The monoisotopic (exact) mass is 343 g/mol. The summed E-state index contributed by atoms with van der Waals surface area (Å²) in [5.41, 5.74) is 0.810. The highest BCUT2D eigenvalue weighted by atomic mass is 32.1. The van der Waals surface area contributed by atoms with Crippen LogP contribution < -0.4 is 0 Å². The predicted octanol–water partition coefficient (Wildman–Crippen LogP) is 2.56. The van der Waals surface area contributed by atoms with Crippen LogP contribution in [0, 0.1) is 0 Å². The maximum Gasteiger partial charge on any atom is 0.229 e. The second-order valence-electron chi connectivity index (χ2n) is 6.51. The van der Waals surface area contributed by atoms with Crippen LogP contribution in [0.3, 0.4) is 0 Å². The van der Waals surface area contributed by atoms with Crippen LogP contribution in [0.5, 0.6) is 0 Å². The highest BCUT2D eigenvalue weighted by Gasteiger charge is 2.36. The fourth-order valence-corrected chi connectivity index (χ4v) is 4.05. The van der Waals surface area contributed by atoms with Crippen molar-refractivity contribution in [3.8, 4) is 0 Å². The van der Waals surface area contributed by atoms with Crippen molar-refractivity contribution in [2.45, 2.75) is 44.1 Å². The van der Waals surface area contributed by atoms with E-state index in [0.29, 0.717) is 18.2 Å². The van der Waals surface area contributed by atoms with Gasteiger partial charge in [-0.25, -0.2) is 4.98 Å². The maximum absolute atomic E-state index is 12.7. The van der Waals surface area contributed by atoms with Crippen molar-refractivity contribution in [3.63, 3.8) is 0 Å². The van der Waals surface area contributed by atoms with Crippen LogP contribution in [0.2, 0.25) is 0 Å². The van der Waals surface area contributed by atoms with Gasteiger partial charge in [-0.15, -0.1) is 11.3 Å². The van der Waals surface area contributed by atoms with Gasteiger partial charge in [0.05, 0.1) is 18.2 Å². The second-order valence-corrected chi connectivity index (χ2v) is 7.39. The Labute approximate surface area is 142 Å². The average Bonchev–Trinajstić information content (AvgIpc) is 3.00. The number of carbonyl (C=O) groups excluding carboxylic acids is 1. The first-order valence-electron chi connectivity index (χ1n) is 8.32. The summed E-state index contributed by atoms with van der Waals surface area (Å²) in [7, 11) is 0. The lowest BCUT2D eigenvalue weighted by Gasteiger charge is -2.21. The summed E-state index contributed by atoms with van der Waals surface area (Å²) < 4.78 is 7.32. The average molecular weight is 343 g/mol. The number of amides is 1. The van der Waals surface area contributed by atoms with E-state index in [1.807, 2.05) is 27.1 Å². The largest absolute Gasteiger partial charge is 0.339 e. The zero-order valence-electron chi connectivity index (χ0n) is 13.1. The zero-order valence-corrected chi connectivity index (χ0v) is 13.9. The van der Waals surface area contributed by atoms with E-state index in [1.165, 1.54) is 0 Å². The van der Waals surface area contributed by atoms with Crippen molar-refractivity contribution in [1.82, 2.24) is 24.4 Å². The first kappa shape index (κ1) is 14.2. The Morgan fingerprint density at radius 3 is 3.08 bits per heavy atom. The third kappa shape index (κ3) is 2.41. The predicted molar refractivity (Wildman–Crippen MR) is 86.7 cm³/mol. The van der Waals surface area contributed by atoms with Gasteiger partial charge in [0.1, 0.15) is 0 Å². The molecule has 1 saturated carbocycles. The van der Waals surface area contributed by atoms with Crippen LogP contribution >= 0.6 is 11.3 Å². The standard InChI is InChI=1S/C16H17N5O2S/c22-13(8-11-9-20-6-7-24-16(20)17-11)21-5-1-2-12(21)14-18-15(23-19-14)10-3-4-10/h6-7,9-10,12H,1-5,8H2/t12-/m1/s1. The van der Waals surface area contributed by atoms with E-state index in [4.69, 9.17) is 4.52 Å². The van der Waals surface area contributed by atoms with E-state index in [1.54, 1.807) is 11.3 Å². The quantitative estimate of drug-likeness (QED) is 0.728. The van der Waals surface area contributed by atoms with Crippen molar-refractivity contribution in [2.24, 2.45) is 0 Å². The summed E-state index contributed by atoms with van der Waals surface area (Å²) >= 11 is 1.57. The van der Waals surface area contributed by atoms with E-state index in [9.17, 15) is 4.79 Å². The number of rotatable bonds is 4. The summed E-state index contributed by atoms with van der Waals surface area (Å²) in [6.45, 7) is 0.749. The lowest BCUT2D eigenvalue weighted by Crippen LogP contribution is -2.32. The maximum atomic E-state index is 12.7. The molecule has 0 spiro atoms. The molecule has 8 heteroatoms. The molecule has 7 nitrogen and oxygen atoms in total. The van der Waals surface area contributed by atoms with Crippen LogP contribution in [0.15, 0.2) is 22.3 Å². The summed E-state index contributed by atoms with van der Waals surface area (Å²) in [6, 6.07) is -0.0579. The Bertz CT molecular complexity index is 865. The molecule has 1 saturated heterocycles. The smallest absolute Gasteiger partial charge is 0.229 e. The fourth-order valence-electron chi connectivity index (χ4n) is 3.33. The molecule has 4 heterocycles. The van der Waals surface area contributed by atoms with Gasteiger partial charge in [0.25, 0.3) is 0 Å². The number of hydrogen-bond donors (Lipinski definition) is 0. The Morgan fingerprint density at radius 2 is 2.25 bits per heavy atom. The lowest BCUT2D eigenvalue weighted by molar-refractivity contribution is -0.131. The van der Waals surface area contributed by atoms with Crippen LogP contribution in [-0.4, -0.2) is 36.9 Å². The van der Waals surface area contributed by atoms with Crippen molar-refractivity contribution in [2.75, 3.05) is 6.54 Å². The summed E-state index contributed by atoms with van der Waals surface area (Å²) in [5, 5.41) is 6.11. The van der Waals surface area contributed by atoms with Gasteiger partial charge in [-0.1, -0.05) is 5.16 Å². The molecule has 0 N–H and O–H groups in total. The van der Waals surface area contributed by atoms with Crippen molar-refractivity contribution < 1.29 is 9.32 Å². The number of thiazole rings is 1. The van der Waals surface area contributed by atoms with E-state index in [2.05, 4.69) is 15.1 Å². The van der Waals surface area contributed by atoms with Gasteiger partial charge in [-0.05, 0) is 25.7 Å². The Balaban J connectivity index is 1.33. The van der Waals surface area contributed by atoms with E-state index in [-0.39, 0.29) is 11.9 Å². The minimum atomic E-state index is -0.0579. The molecular formula is C16H17N5O2S. The molecule has 3 aromatic rings. The molecule has 0 radical (unpaired) electrons. The number of likely N-dealkylation sites (tertiary alicyclic amines) is 1. The van der Waals surface area contributed by atoms with Crippen LogP contribution in [-0.2, 0) is 11.2 Å². The summed E-state index contributed by atoms with van der Waals surface area (Å²) in [4.78, 5) is 24.6. The van der Waals surface area contributed by atoms with Gasteiger partial charge >= 0.3 is 0 Å². The minimum absolute atomic E-state index is 0.0579. The molecule has 1 aliphatic heterocycles. The van der Waals surface area contributed by atoms with Gasteiger partial charge in [-0.3, -0.25) is 9.20 Å². The molecule has 5 rings (SSSR count). The molecule has 0 bridgehead atoms. The number of nitrogens with zero attached hydrogens (tertiary/aromatic N) is 5. The van der Waals surface area contributed by atoms with E-state index >= 15 is 0 Å². The normalized spacial score (nSPS) is 21.0. The Morgan fingerprint density at radius 1 is 1.33 bits per heavy atom. The molecule has 124 valence electrons. The van der Waals surface area contributed by atoms with Crippen LogP contribution in [0.4, 0.5) is 0 Å². The number of aromatic nitrogens is 4. The third-order valence-corrected chi connectivity index (χ3v) is 5.50. The second kappa shape index (κ2) is 5.41. The first-order chi connectivity index (χ1) is 11.8. The first-order valence-corrected chi connectivity index (χ1v) is 9.20. The lowest BCUT2D eigenvalue weighted by atomic mass is 10.2. The van der Waals surface area contributed by atoms with Gasteiger partial charge < -0.3 is 9.42 Å². The highest BCUT2D eigenvalue weighted by Crippen LogP contribution is 2.40. The number of imidazole rings is 1. The number of fused-ring (bicyclic) bond motifs is 1. The van der Waals surface area contributed by atoms with Gasteiger partial charge in [0.2, 0.25) is 11.8 Å². The molecule has 2 fully saturated rings. The zero-order chi connectivity index (χ0) is 16.1. The number of carbonyl (C=O) groups is 1. The van der Waals surface area contributed by atoms with Crippen molar-refractivity contribution in [3.05, 3.63) is 35.2 Å². The minimum Gasteiger partial charge on any atom is -0.339 e.